The molecule has 0 spiro atoms. The number of aromatic nitrogens is 3. The first-order chi connectivity index (χ1) is 17.2. The Kier molecular flexibility index (Phi) is 6.19. The largest absolute Gasteiger partial charge is 0.392 e. The fourth-order valence-corrected chi connectivity index (χ4v) is 4.01. The summed E-state index contributed by atoms with van der Waals surface area (Å²) < 4.78 is 16.8. The van der Waals surface area contributed by atoms with E-state index in [1.807, 2.05) is 24.3 Å². The van der Waals surface area contributed by atoms with Gasteiger partial charge in [0.15, 0.2) is 11.5 Å². The van der Waals surface area contributed by atoms with Gasteiger partial charge < -0.3 is 20.8 Å². The van der Waals surface area contributed by atoms with Crippen molar-refractivity contribution in [2.75, 3.05) is 11.9 Å². The van der Waals surface area contributed by atoms with E-state index in [1.54, 1.807) is 36.7 Å². The Morgan fingerprint density at radius 3 is 2.69 bits per heavy atom. The van der Waals surface area contributed by atoms with E-state index in [2.05, 4.69) is 15.6 Å². The number of halogens is 1. The van der Waals surface area contributed by atoms with E-state index in [0.717, 1.165) is 18.4 Å². The fraction of sp³-hybridized carbons (Fsp3) is 0.296. The second-order valence-electron chi connectivity index (χ2n) is 9.74. The molecule has 0 bridgehead atoms. The van der Waals surface area contributed by atoms with Crippen molar-refractivity contribution >= 4 is 17.4 Å². The van der Waals surface area contributed by atoms with Crippen LogP contribution in [0.2, 0.25) is 0 Å². The summed E-state index contributed by atoms with van der Waals surface area (Å²) in [5.41, 5.74) is 2.68. The minimum Gasteiger partial charge on any atom is -0.392 e. The lowest BCUT2D eigenvalue weighted by atomic mass is 10.1. The van der Waals surface area contributed by atoms with E-state index in [-0.39, 0.29) is 24.8 Å². The van der Waals surface area contributed by atoms with Crippen LogP contribution >= 0.6 is 0 Å². The van der Waals surface area contributed by atoms with E-state index >= 15 is 0 Å². The summed E-state index contributed by atoms with van der Waals surface area (Å²) in [5, 5.41) is 26.1. The van der Waals surface area contributed by atoms with Gasteiger partial charge in [-0.3, -0.25) is 9.20 Å². The molecule has 9 heteroatoms. The number of hydrogen-bond donors (Lipinski definition) is 4. The smallest absolute Gasteiger partial charge is 0.254 e. The van der Waals surface area contributed by atoms with Gasteiger partial charge in [0.1, 0.15) is 5.82 Å². The molecule has 4 aromatic rings. The van der Waals surface area contributed by atoms with Crippen molar-refractivity contribution in [3.63, 3.8) is 0 Å². The van der Waals surface area contributed by atoms with E-state index < -0.39 is 17.3 Å². The van der Waals surface area contributed by atoms with Crippen LogP contribution in [0.4, 0.5) is 10.2 Å². The Bertz CT molecular complexity index is 1440. The maximum absolute atomic E-state index is 15.0. The lowest BCUT2D eigenvalue weighted by molar-refractivity contribution is 0.0938. The van der Waals surface area contributed by atoms with Crippen LogP contribution in [0.15, 0.2) is 54.9 Å². The highest BCUT2D eigenvalue weighted by Gasteiger charge is 2.25. The van der Waals surface area contributed by atoms with Crippen LogP contribution in [0.1, 0.15) is 42.6 Å². The Morgan fingerprint density at radius 1 is 1.22 bits per heavy atom. The molecular weight excluding hydrogens is 461 g/mol. The first kappa shape index (κ1) is 23.9. The molecule has 1 fully saturated rings. The molecule has 2 heterocycles. The van der Waals surface area contributed by atoms with E-state index in [9.17, 15) is 19.4 Å². The number of benzene rings is 2. The summed E-state index contributed by atoms with van der Waals surface area (Å²) in [6.45, 7) is 3.43. The molecule has 36 heavy (non-hydrogen) atoms. The average molecular weight is 490 g/mol. The fourth-order valence-electron chi connectivity index (χ4n) is 4.01. The number of amides is 1. The van der Waals surface area contributed by atoms with E-state index in [1.165, 1.54) is 12.1 Å². The Morgan fingerprint density at radius 2 is 2.00 bits per heavy atom. The van der Waals surface area contributed by atoms with Crippen molar-refractivity contribution in [1.29, 1.82) is 0 Å². The van der Waals surface area contributed by atoms with Gasteiger partial charge in [-0.25, -0.2) is 14.4 Å². The molecule has 1 aliphatic rings. The first-order valence-electron chi connectivity index (χ1n) is 11.9. The number of aliphatic hydroxyl groups is 2. The number of rotatable bonds is 8. The minimum atomic E-state index is -0.993. The Balaban J connectivity index is 1.61. The summed E-state index contributed by atoms with van der Waals surface area (Å²) in [6.07, 6.45) is 5.25. The van der Waals surface area contributed by atoms with Gasteiger partial charge >= 0.3 is 0 Å². The van der Waals surface area contributed by atoms with Crippen molar-refractivity contribution in [2.24, 2.45) is 0 Å². The van der Waals surface area contributed by atoms with Gasteiger partial charge in [0.05, 0.1) is 35.4 Å². The number of aliphatic hydroxyl groups excluding tert-OH is 1. The molecule has 186 valence electrons. The van der Waals surface area contributed by atoms with Gasteiger partial charge in [-0.1, -0.05) is 30.3 Å². The van der Waals surface area contributed by atoms with Crippen LogP contribution in [-0.4, -0.2) is 48.7 Å². The van der Waals surface area contributed by atoms with Gasteiger partial charge in [0.2, 0.25) is 0 Å². The van der Waals surface area contributed by atoms with E-state index in [4.69, 9.17) is 4.98 Å². The Hall–Kier alpha value is -3.82. The molecule has 1 aliphatic carbocycles. The predicted octanol–water partition coefficient (Wildman–Crippen LogP) is 3.77. The second-order valence-corrected chi connectivity index (χ2v) is 9.74. The molecule has 1 saturated carbocycles. The monoisotopic (exact) mass is 489 g/mol. The quantitative estimate of drug-likeness (QED) is 0.300. The molecular formula is C27H28FN5O3. The van der Waals surface area contributed by atoms with Crippen molar-refractivity contribution < 1.29 is 19.4 Å². The lowest BCUT2D eigenvalue weighted by Gasteiger charge is -2.19. The number of fused-ring (bicyclic) bond motifs is 1. The van der Waals surface area contributed by atoms with Crippen LogP contribution < -0.4 is 10.6 Å². The van der Waals surface area contributed by atoms with Crippen LogP contribution in [-0.2, 0) is 6.61 Å². The molecule has 5 rings (SSSR count). The third-order valence-corrected chi connectivity index (χ3v) is 6.07. The van der Waals surface area contributed by atoms with Crippen LogP contribution in [0, 0.1) is 5.82 Å². The first-order valence-corrected chi connectivity index (χ1v) is 11.9. The zero-order valence-electron chi connectivity index (χ0n) is 20.1. The number of nitrogens with one attached hydrogen (secondary N) is 2. The van der Waals surface area contributed by atoms with Gasteiger partial charge in [-0.15, -0.1) is 0 Å². The highest BCUT2D eigenvalue weighted by molar-refractivity contribution is 5.95. The molecule has 8 nitrogen and oxygen atoms in total. The third-order valence-electron chi connectivity index (χ3n) is 6.07. The lowest BCUT2D eigenvalue weighted by Crippen LogP contribution is -2.29. The standard InChI is InChI=1S/C27H28FN5O3/c1-27(2,36)15-30-24-25-29-12-23(16-7-10-20(21(28)11-16)26(35)31-18-8-9-18)33(25)13-22(32-24)19-6-4-3-5-17(19)14-34/h3-7,10-13,18,34,36H,8-9,14-15H2,1-2H3,(H,30,32)(H,31,35). The summed E-state index contributed by atoms with van der Waals surface area (Å²) in [7, 11) is 0. The van der Waals surface area contributed by atoms with Crippen molar-refractivity contribution in [1.82, 2.24) is 19.7 Å². The molecule has 0 unspecified atom stereocenters. The summed E-state index contributed by atoms with van der Waals surface area (Å²) in [6, 6.07) is 12.0. The average Bonchev–Trinajstić information content (AvgIpc) is 3.56. The minimum absolute atomic E-state index is 0.00577. The SMILES string of the molecule is CC(C)(O)CNc1nc(-c2ccccc2CO)cn2c(-c3ccc(C(=O)NC4CC4)c(F)c3)cnc12. The molecule has 0 radical (unpaired) electrons. The zero-order chi connectivity index (χ0) is 25.4. The van der Waals surface area contributed by atoms with Gasteiger partial charge in [0, 0.05) is 29.9 Å². The third kappa shape index (κ3) is 4.93. The summed E-state index contributed by atoms with van der Waals surface area (Å²) >= 11 is 0. The predicted molar refractivity (Wildman–Crippen MR) is 135 cm³/mol. The highest BCUT2D eigenvalue weighted by Crippen LogP contribution is 2.30. The number of imidazole rings is 1. The maximum atomic E-state index is 15.0. The van der Waals surface area contributed by atoms with Crippen LogP contribution in [0.25, 0.3) is 28.2 Å². The van der Waals surface area contributed by atoms with Gasteiger partial charge in [-0.2, -0.15) is 0 Å². The summed E-state index contributed by atoms with van der Waals surface area (Å²) in [5.74, 6) is -0.583. The van der Waals surface area contributed by atoms with Crippen LogP contribution in [0.5, 0.6) is 0 Å². The molecule has 1 amide bonds. The number of anilines is 1. The number of nitrogens with zero attached hydrogens (tertiary/aromatic N) is 3. The number of carbonyl (C=O) groups is 1. The van der Waals surface area contributed by atoms with Crippen molar-refractivity contribution in [3.8, 4) is 22.5 Å². The maximum Gasteiger partial charge on any atom is 0.254 e. The van der Waals surface area contributed by atoms with Crippen LogP contribution in [0.3, 0.4) is 0 Å². The Labute approximate surface area is 207 Å². The zero-order valence-corrected chi connectivity index (χ0v) is 20.1. The molecule has 2 aromatic carbocycles. The molecule has 0 saturated heterocycles. The normalized spacial score (nSPS) is 13.7. The highest BCUT2D eigenvalue weighted by atomic mass is 19.1. The van der Waals surface area contributed by atoms with Gasteiger partial charge in [0.25, 0.3) is 5.91 Å². The second kappa shape index (κ2) is 9.33. The number of hydrogen-bond acceptors (Lipinski definition) is 6. The molecule has 2 aromatic heterocycles. The number of carbonyl (C=O) groups excluding carboxylic acids is 1. The van der Waals surface area contributed by atoms with Gasteiger partial charge in [-0.05, 0) is 44.4 Å². The molecule has 0 atom stereocenters. The summed E-state index contributed by atoms with van der Waals surface area (Å²) in [4.78, 5) is 21.6. The molecule has 4 N–H and O–H groups in total. The van der Waals surface area contributed by atoms with Crippen molar-refractivity contribution in [3.05, 3.63) is 71.8 Å². The molecule has 0 aliphatic heterocycles. The van der Waals surface area contributed by atoms with Crippen molar-refractivity contribution in [2.45, 2.75) is 44.9 Å². The van der Waals surface area contributed by atoms with E-state index in [0.29, 0.717) is 34.0 Å². The topological polar surface area (TPSA) is 112 Å².